The third kappa shape index (κ3) is 2.61. The molecule has 2 aromatic rings. The minimum absolute atomic E-state index is 0.0336. The maximum absolute atomic E-state index is 11.4. The van der Waals surface area contributed by atoms with Crippen LogP contribution in [0.4, 0.5) is 11.4 Å². The summed E-state index contributed by atoms with van der Waals surface area (Å²) in [6.07, 6.45) is 0. The van der Waals surface area contributed by atoms with E-state index in [1.54, 1.807) is 31.2 Å². The van der Waals surface area contributed by atoms with Gasteiger partial charge in [0.1, 0.15) is 0 Å². The molecule has 102 valence electrons. The van der Waals surface area contributed by atoms with Gasteiger partial charge in [-0.15, -0.1) is 0 Å². The Labute approximate surface area is 115 Å². The van der Waals surface area contributed by atoms with Crippen molar-refractivity contribution in [3.05, 3.63) is 59.2 Å². The smallest absolute Gasteiger partial charge is 0.338 e. The number of carboxylic acids is 2. The average molecular weight is 271 g/mol. The Kier molecular flexibility index (Phi) is 3.70. The van der Waals surface area contributed by atoms with Crippen LogP contribution >= 0.6 is 0 Å². The van der Waals surface area contributed by atoms with Crippen molar-refractivity contribution < 1.29 is 19.8 Å². The van der Waals surface area contributed by atoms with Gasteiger partial charge in [-0.1, -0.05) is 24.3 Å². The summed E-state index contributed by atoms with van der Waals surface area (Å²) in [7, 11) is 0. The molecule has 20 heavy (non-hydrogen) atoms. The van der Waals surface area contributed by atoms with Crippen LogP contribution in [0.5, 0.6) is 0 Å². The van der Waals surface area contributed by atoms with Gasteiger partial charge in [-0.2, -0.15) is 0 Å². The molecule has 0 aliphatic rings. The quantitative estimate of drug-likeness (QED) is 0.795. The molecule has 0 heterocycles. The highest BCUT2D eigenvalue weighted by molar-refractivity contribution is 6.05. The monoisotopic (exact) mass is 271 g/mol. The highest BCUT2D eigenvalue weighted by Crippen LogP contribution is 2.28. The van der Waals surface area contributed by atoms with Crippen LogP contribution < -0.4 is 5.32 Å². The van der Waals surface area contributed by atoms with E-state index in [-0.39, 0.29) is 16.8 Å². The summed E-state index contributed by atoms with van der Waals surface area (Å²) >= 11 is 0. The van der Waals surface area contributed by atoms with Crippen LogP contribution in [-0.4, -0.2) is 22.2 Å². The van der Waals surface area contributed by atoms with Crippen LogP contribution in [0.25, 0.3) is 0 Å². The second kappa shape index (κ2) is 5.44. The van der Waals surface area contributed by atoms with Gasteiger partial charge in [0.15, 0.2) is 0 Å². The zero-order valence-electron chi connectivity index (χ0n) is 10.8. The molecular formula is C15H13NO4. The van der Waals surface area contributed by atoms with Crippen molar-refractivity contribution in [3.8, 4) is 0 Å². The molecule has 0 aliphatic carbocycles. The standard InChI is InChI=1S/C15H13NO4/c1-9-7-8-11(14(17)18)13(12(9)15(19)20)16-10-5-3-2-4-6-10/h2-8,16H,1H3,(H,17,18)(H,19,20). The van der Waals surface area contributed by atoms with Crippen LogP contribution in [0.1, 0.15) is 26.3 Å². The van der Waals surface area contributed by atoms with E-state index in [4.69, 9.17) is 0 Å². The number of para-hydroxylation sites is 1. The normalized spacial score (nSPS) is 10.1. The first-order valence-electron chi connectivity index (χ1n) is 5.93. The molecule has 2 rings (SSSR count). The molecule has 0 aromatic heterocycles. The van der Waals surface area contributed by atoms with Gasteiger partial charge in [-0.05, 0) is 30.7 Å². The molecule has 0 saturated heterocycles. The van der Waals surface area contributed by atoms with Crippen molar-refractivity contribution in [2.24, 2.45) is 0 Å². The number of anilines is 2. The van der Waals surface area contributed by atoms with Gasteiger partial charge in [0.2, 0.25) is 0 Å². The van der Waals surface area contributed by atoms with Crippen LogP contribution in [0.3, 0.4) is 0 Å². The van der Waals surface area contributed by atoms with Gasteiger partial charge in [0, 0.05) is 5.69 Å². The number of benzene rings is 2. The van der Waals surface area contributed by atoms with Crippen molar-refractivity contribution in [1.29, 1.82) is 0 Å². The predicted molar refractivity (Wildman–Crippen MR) is 74.8 cm³/mol. The van der Waals surface area contributed by atoms with Gasteiger partial charge in [0.25, 0.3) is 0 Å². The second-order valence-corrected chi connectivity index (χ2v) is 4.28. The summed E-state index contributed by atoms with van der Waals surface area (Å²) in [6, 6.07) is 11.7. The summed E-state index contributed by atoms with van der Waals surface area (Å²) < 4.78 is 0. The fourth-order valence-electron chi connectivity index (χ4n) is 1.96. The van der Waals surface area contributed by atoms with Crippen LogP contribution in [0, 0.1) is 6.92 Å². The first kappa shape index (κ1) is 13.6. The molecular weight excluding hydrogens is 258 g/mol. The summed E-state index contributed by atoms with van der Waals surface area (Å²) in [5.74, 6) is -2.34. The van der Waals surface area contributed by atoms with E-state index in [0.29, 0.717) is 11.3 Å². The Balaban J connectivity index is 2.61. The van der Waals surface area contributed by atoms with E-state index in [1.165, 1.54) is 12.1 Å². The zero-order chi connectivity index (χ0) is 14.7. The lowest BCUT2D eigenvalue weighted by molar-refractivity contribution is 0.0695. The highest BCUT2D eigenvalue weighted by atomic mass is 16.4. The molecule has 0 amide bonds. The average Bonchev–Trinajstić information content (AvgIpc) is 2.39. The van der Waals surface area contributed by atoms with Gasteiger partial charge in [-0.25, -0.2) is 9.59 Å². The first-order valence-corrected chi connectivity index (χ1v) is 5.93. The van der Waals surface area contributed by atoms with Gasteiger partial charge < -0.3 is 15.5 Å². The maximum Gasteiger partial charge on any atom is 0.338 e. The SMILES string of the molecule is Cc1ccc(C(=O)O)c(Nc2ccccc2)c1C(=O)O. The highest BCUT2D eigenvalue weighted by Gasteiger charge is 2.20. The Morgan fingerprint density at radius 1 is 0.950 bits per heavy atom. The van der Waals surface area contributed by atoms with Crippen molar-refractivity contribution in [1.82, 2.24) is 0 Å². The lowest BCUT2D eigenvalue weighted by Gasteiger charge is -2.14. The number of carbonyl (C=O) groups is 2. The minimum atomic E-state index is -1.18. The molecule has 3 N–H and O–H groups in total. The van der Waals surface area contributed by atoms with Crippen LogP contribution in [0.15, 0.2) is 42.5 Å². The van der Waals surface area contributed by atoms with E-state index < -0.39 is 11.9 Å². The van der Waals surface area contributed by atoms with Crippen LogP contribution in [0.2, 0.25) is 0 Å². The lowest BCUT2D eigenvalue weighted by Crippen LogP contribution is -2.11. The molecule has 0 spiro atoms. The van der Waals surface area contributed by atoms with E-state index in [1.807, 2.05) is 6.07 Å². The Bertz CT molecular complexity index is 665. The third-order valence-corrected chi connectivity index (χ3v) is 2.90. The fraction of sp³-hybridized carbons (Fsp3) is 0.0667. The summed E-state index contributed by atoms with van der Waals surface area (Å²) in [4.78, 5) is 22.6. The number of aryl methyl sites for hydroxylation is 1. The Hall–Kier alpha value is -2.82. The molecule has 5 nitrogen and oxygen atoms in total. The molecule has 0 bridgehead atoms. The lowest BCUT2D eigenvalue weighted by atomic mass is 10.0. The number of aromatic carboxylic acids is 2. The largest absolute Gasteiger partial charge is 0.478 e. The number of hydrogen-bond acceptors (Lipinski definition) is 3. The minimum Gasteiger partial charge on any atom is -0.478 e. The first-order chi connectivity index (χ1) is 9.50. The summed E-state index contributed by atoms with van der Waals surface area (Å²) in [5.41, 5.74) is 1.12. The summed E-state index contributed by atoms with van der Waals surface area (Å²) in [5, 5.41) is 21.4. The fourth-order valence-corrected chi connectivity index (χ4v) is 1.96. The Morgan fingerprint density at radius 2 is 1.60 bits per heavy atom. The number of hydrogen-bond donors (Lipinski definition) is 3. The molecule has 0 atom stereocenters. The van der Waals surface area contributed by atoms with Crippen molar-refractivity contribution in [3.63, 3.8) is 0 Å². The predicted octanol–water partition coefficient (Wildman–Crippen LogP) is 3.14. The molecule has 0 fully saturated rings. The topological polar surface area (TPSA) is 86.6 Å². The van der Waals surface area contributed by atoms with Gasteiger partial charge >= 0.3 is 11.9 Å². The molecule has 0 saturated carbocycles. The number of carboxylic acid groups (broad SMARTS) is 2. The van der Waals surface area contributed by atoms with Crippen molar-refractivity contribution in [2.45, 2.75) is 6.92 Å². The number of rotatable bonds is 4. The molecule has 0 radical (unpaired) electrons. The van der Waals surface area contributed by atoms with Crippen molar-refractivity contribution in [2.75, 3.05) is 5.32 Å². The maximum atomic E-state index is 11.4. The third-order valence-electron chi connectivity index (χ3n) is 2.90. The molecule has 0 aliphatic heterocycles. The van der Waals surface area contributed by atoms with E-state index in [0.717, 1.165) is 0 Å². The Morgan fingerprint density at radius 3 is 2.15 bits per heavy atom. The zero-order valence-corrected chi connectivity index (χ0v) is 10.8. The van der Waals surface area contributed by atoms with E-state index in [9.17, 15) is 19.8 Å². The van der Waals surface area contributed by atoms with E-state index in [2.05, 4.69) is 5.32 Å². The van der Waals surface area contributed by atoms with Crippen LogP contribution in [-0.2, 0) is 0 Å². The van der Waals surface area contributed by atoms with E-state index >= 15 is 0 Å². The van der Waals surface area contributed by atoms with Crippen molar-refractivity contribution >= 4 is 23.3 Å². The molecule has 5 heteroatoms. The molecule has 2 aromatic carbocycles. The van der Waals surface area contributed by atoms with Gasteiger partial charge in [0.05, 0.1) is 16.8 Å². The molecule has 0 unspecified atom stereocenters. The number of nitrogens with one attached hydrogen (secondary N) is 1. The summed E-state index contributed by atoms with van der Waals surface area (Å²) in [6.45, 7) is 1.63. The van der Waals surface area contributed by atoms with Gasteiger partial charge in [-0.3, -0.25) is 0 Å². The second-order valence-electron chi connectivity index (χ2n) is 4.28.